The van der Waals surface area contributed by atoms with E-state index in [0.717, 1.165) is 5.69 Å². The van der Waals surface area contributed by atoms with Crippen molar-refractivity contribution in [1.29, 1.82) is 0 Å². The van der Waals surface area contributed by atoms with Crippen LogP contribution in [-0.4, -0.2) is 4.98 Å². The van der Waals surface area contributed by atoms with Crippen LogP contribution in [0, 0.1) is 5.82 Å². The Morgan fingerprint density at radius 3 is 2.74 bits per heavy atom. The Hall–Kier alpha value is -1.16. The van der Waals surface area contributed by atoms with Crippen molar-refractivity contribution in [3.05, 3.63) is 63.6 Å². The highest BCUT2D eigenvalue weighted by molar-refractivity contribution is 6.35. The van der Waals surface area contributed by atoms with E-state index < -0.39 is 5.82 Å². The molecular weight excluding hydrogens is 286 g/mol. The van der Waals surface area contributed by atoms with Gasteiger partial charge in [0.2, 0.25) is 0 Å². The molecule has 2 nitrogen and oxygen atoms in total. The molecular formula is C14H13Cl2FN2. The van der Waals surface area contributed by atoms with E-state index >= 15 is 0 Å². The summed E-state index contributed by atoms with van der Waals surface area (Å²) < 4.78 is 13.5. The summed E-state index contributed by atoms with van der Waals surface area (Å²) in [6, 6.07) is 8.39. The van der Waals surface area contributed by atoms with Crippen LogP contribution in [-0.2, 0) is 6.54 Å². The van der Waals surface area contributed by atoms with Gasteiger partial charge in [0.05, 0.1) is 10.7 Å². The quantitative estimate of drug-likeness (QED) is 0.848. The normalized spacial score (nSPS) is 12.4. The van der Waals surface area contributed by atoms with E-state index in [1.54, 1.807) is 6.20 Å². The van der Waals surface area contributed by atoms with E-state index in [2.05, 4.69) is 10.3 Å². The molecule has 0 saturated heterocycles. The molecule has 1 aromatic carbocycles. The lowest BCUT2D eigenvalue weighted by molar-refractivity contribution is 0.559. The van der Waals surface area contributed by atoms with Gasteiger partial charge in [-0.05, 0) is 36.8 Å². The Bertz CT molecular complexity index is 561. The standard InChI is InChI=1S/C14H13Cl2FN2/c1-9(19-8-10-4-2-3-5-18-10)11-6-14(17)13(16)7-12(11)15/h2-7,9,19H,8H2,1H3. The molecule has 0 radical (unpaired) electrons. The summed E-state index contributed by atoms with van der Waals surface area (Å²) in [4.78, 5) is 4.21. The smallest absolute Gasteiger partial charge is 0.142 e. The Kier molecular flexibility index (Phi) is 4.75. The number of hydrogen-bond donors (Lipinski definition) is 1. The van der Waals surface area contributed by atoms with E-state index in [1.807, 2.05) is 25.1 Å². The number of aromatic nitrogens is 1. The van der Waals surface area contributed by atoms with Gasteiger partial charge in [-0.3, -0.25) is 4.98 Å². The first-order chi connectivity index (χ1) is 9.08. The van der Waals surface area contributed by atoms with Gasteiger partial charge in [-0.1, -0.05) is 29.3 Å². The summed E-state index contributed by atoms with van der Waals surface area (Å²) >= 11 is 11.7. The number of hydrogen-bond acceptors (Lipinski definition) is 2. The molecule has 1 aromatic heterocycles. The molecule has 0 aliphatic heterocycles. The highest BCUT2D eigenvalue weighted by Gasteiger charge is 2.13. The number of halogens is 3. The van der Waals surface area contributed by atoms with Crippen molar-refractivity contribution in [2.24, 2.45) is 0 Å². The summed E-state index contributed by atoms with van der Waals surface area (Å²) in [7, 11) is 0. The molecule has 0 saturated carbocycles. The molecule has 2 aromatic rings. The zero-order chi connectivity index (χ0) is 13.8. The molecule has 1 N–H and O–H groups in total. The van der Waals surface area contributed by atoms with Crippen molar-refractivity contribution in [1.82, 2.24) is 10.3 Å². The fraction of sp³-hybridized carbons (Fsp3) is 0.214. The number of nitrogens with zero attached hydrogens (tertiary/aromatic N) is 1. The van der Waals surface area contributed by atoms with Crippen LogP contribution in [0.1, 0.15) is 24.2 Å². The first kappa shape index (κ1) is 14.3. The van der Waals surface area contributed by atoms with E-state index in [4.69, 9.17) is 23.2 Å². The van der Waals surface area contributed by atoms with Crippen LogP contribution in [0.5, 0.6) is 0 Å². The number of rotatable bonds is 4. The van der Waals surface area contributed by atoms with E-state index in [0.29, 0.717) is 17.1 Å². The average Bonchev–Trinajstić information content (AvgIpc) is 2.41. The zero-order valence-electron chi connectivity index (χ0n) is 10.3. The van der Waals surface area contributed by atoms with Crippen LogP contribution < -0.4 is 5.32 Å². The van der Waals surface area contributed by atoms with E-state index in [1.165, 1.54) is 12.1 Å². The van der Waals surface area contributed by atoms with Gasteiger partial charge in [-0.25, -0.2) is 4.39 Å². The topological polar surface area (TPSA) is 24.9 Å². The van der Waals surface area contributed by atoms with Crippen LogP contribution in [0.25, 0.3) is 0 Å². The molecule has 0 bridgehead atoms. The van der Waals surface area contributed by atoms with Gasteiger partial charge in [0, 0.05) is 23.8 Å². The van der Waals surface area contributed by atoms with Crippen molar-refractivity contribution in [2.45, 2.75) is 19.5 Å². The molecule has 0 spiro atoms. The predicted octanol–water partition coefficient (Wildman–Crippen LogP) is 4.38. The van der Waals surface area contributed by atoms with Gasteiger partial charge >= 0.3 is 0 Å². The SMILES string of the molecule is CC(NCc1ccccn1)c1cc(F)c(Cl)cc1Cl. The van der Waals surface area contributed by atoms with E-state index in [-0.39, 0.29) is 11.1 Å². The highest BCUT2D eigenvalue weighted by Crippen LogP contribution is 2.28. The first-order valence-corrected chi connectivity index (χ1v) is 6.61. The maximum Gasteiger partial charge on any atom is 0.142 e. The molecule has 1 unspecified atom stereocenters. The average molecular weight is 299 g/mol. The maximum atomic E-state index is 13.5. The summed E-state index contributed by atoms with van der Waals surface area (Å²) in [6.45, 7) is 2.50. The molecule has 2 rings (SSSR count). The number of benzene rings is 1. The largest absolute Gasteiger partial charge is 0.305 e. The monoisotopic (exact) mass is 298 g/mol. The second-order valence-corrected chi connectivity index (χ2v) is 5.03. The molecule has 19 heavy (non-hydrogen) atoms. The van der Waals surface area contributed by atoms with Gasteiger partial charge < -0.3 is 5.32 Å². The third kappa shape index (κ3) is 3.66. The van der Waals surface area contributed by atoms with E-state index in [9.17, 15) is 4.39 Å². The number of pyridine rings is 1. The second-order valence-electron chi connectivity index (χ2n) is 4.21. The molecule has 0 aliphatic carbocycles. The van der Waals surface area contributed by atoms with Crippen LogP contribution in [0.2, 0.25) is 10.0 Å². The Labute approximate surface area is 121 Å². The van der Waals surface area contributed by atoms with Crippen LogP contribution in [0.3, 0.4) is 0 Å². The minimum absolute atomic E-state index is 0.0330. The molecule has 0 fully saturated rings. The van der Waals surface area contributed by atoms with Gasteiger partial charge in [-0.15, -0.1) is 0 Å². The Morgan fingerprint density at radius 1 is 1.26 bits per heavy atom. The summed E-state index contributed by atoms with van der Waals surface area (Å²) in [5.41, 5.74) is 1.60. The lowest BCUT2D eigenvalue weighted by atomic mass is 10.1. The molecule has 1 atom stereocenters. The minimum atomic E-state index is -0.465. The lowest BCUT2D eigenvalue weighted by Crippen LogP contribution is -2.19. The third-order valence-electron chi connectivity index (χ3n) is 2.82. The second kappa shape index (κ2) is 6.33. The van der Waals surface area contributed by atoms with Gasteiger partial charge in [0.1, 0.15) is 5.82 Å². The lowest BCUT2D eigenvalue weighted by Gasteiger charge is -2.16. The fourth-order valence-electron chi connectivity index (χ4n) is 1.74. The Morgan fingerprint density at radius 2 is 2.05 bits per heavy atom. The molecule has 100 valence electrons. The van der Waals surface area contributed by atoms with Gasteiger partial charge in [0.15, 0.2) is 0 Å². The van der Waals surface area contributed by atoms with Crippen molar-refractivity contribution in [3.8, 4) is 0 Å². The van der Waals surface area contributed by atoms with Gasteiger partial charge in [-0.2, -0.15) is 0 Å². The van der Waals surface area contributed by atoms with Gasteiger partial charge in [0.25, 0.3) is 0 Å². The maximum absolute atomic E-state index is 13.5. The molecule has 1 heterocycles. The Balaban J connectivity index is 2.08. The third-order valence-corrected chi connectivity index (χ3v) is 3.44. The summed E-state index contributed by atoms with van der Waals surface area (Å²) in [6.07, 6.45) is 1.73. The van der Waals surface area contributed by atoms with Crippen molar-refractivity contribution in [3.63, 3.8) is 0 Å². The zero-order valence-corrected chi connectivity index (χ0v) is 11.8. The molecule has 0 aliphatic rings. The summed E-state index contributed by atoms with van der Waals surface area (Å²) in [5, 5.41) is 3.73. The number of nitrogens with one attached hydrogen (secondary N) is 1. The predicted molar refractivity (Wildman–Crippen MR) is 75.9 cm³/mol. The summed E-state index contributed by atoms with van der Waals surface area (Å²) in [5.74, 6) is -0.465. The van der Waals surface area contributed by atoms with Crippen molar-refractivity contribution < 1.29 is 4.39 Å². The molecule has 0 amide bonds. The van der Waals surface area contributed by atoms with Crippen LogP contribution in [0.4, 0.5) is 4.39 Å². The van der Waals surface area contributed by atoms with Crippen molar-refractivity contribution in [2.75, 3.05) is 0 Å². The highest BCUT2D eigenvalue weighted by atomic mass is 35.5. The first-order valence-electron chi connectivity index (χ1n) is 5.85. The van der Waals surface area contributed by atoms with Crippen LogP contribution in [0.15, 0.2) is 36.5 Å². The van der Waals surface area contributed by atoms with Crippen LogP contribution >= 0.6 is 23.2 Å². The fourth-order valence-corrected chi connectivity index (χ4v) is 2.29. The molecule has 5 heteroatoms. The van der Waals surface area contributed by atoms with Crippen molar-refractivity contribution >= 4 is 23.2 Å². The minimum Gasteiger partial charge on any atom is -0.305 e.